The molecule has 1 fully saturated rings. The van der Waals surface area contributed by atoms with Crippen LogP contribution in [-0.2, 0) is 9.59 Å². The van der Waals surface area contributed by atoms with E-state index < -0.39 is 0 Å². The first-order valence-corrected chi connectivity index (χ1v) is 6.01. The van der Waals surface area contributed by atoms with Crippen LogP contribution >= 0.6 is 0 Å². The van der Waals surface area contributed by atoms with Crippen LogP contribution in [-0.4, -0.2) is 54.2 Å². The Morgan fingerprint density at radius 2 is 2.19 bits per heavy atom. The van der Waals surface area contributed by atoms with Crippen LogP contribution in [0.4, 0.5) is 0 Å². The van der Waals surface area contributed by atoms with Crippen molar-refractivity contribution in [2.24, 2.45) is 0 Å². The minimum absolute atomic E-state index is 0.0572. The molecule has 1 heterocycles. The summed E-state index contributed by atoms with van der Waals surface area (Å²) in [6.07, 6.45) is 4.04. The van der Waals surface area contributed by atoms with Crippen molar-refractivity contribution in [3.63, 3.8) is 0 Å². The number of likely N-dealkylation sites (N-methyl/N-ethyl adjacent to an activating group) is 1. The fourth-order valence-corrected chi connectivity index (χ4v) is 1.94. The van der Waals surface area contributed by atoms with Gasteiger partial charge in [-0.2, -0.15) is 0 Å². The summed E-state index contributed by atoms with van der Waals surface area (Å²) in [6, 6.07) is 0.158. The van der Waals surface area contributed by atoms with Crippen molar-refractivity contribution in [2.45, 2.75) is 45.2 Å². The van der Waals surface area contributed by atoms with Gasteiger partial charge in [-0.25, -0.2) is 0 Å². The number of rotatable bonds is 4. The number of carbonyl (C=O) groups excluding carboxylic acids is 2. The lowest BCUT2D eigenvalue weighted by atomic mass is 10.0. The number of amides is 1. The van der Waals surface area contributed by atoms with Gasteiger partial charge in [-0.3, -0.25) is 9.69 Å². The number of hydrogen-bond acceptors (Lipinski definition) is 3. The summed E-state index contributed by atoms with van der Waals surface area (Å²) in [5.41, 5.74) is 0. The van der Waals surface area contributed by atoms with E-state index in [1.165, 1.54) is 0 Å². The molecule has 0 aromatic carbocycles. The summed E-state index contributed by atoms with van der Waals surface area (Å²) < 4.78 is 0. The molecule has 0 bridgehead atoms. The normalized spacial score (nSPS) is 22.1. The average Bonchev–Trinajstić information content (AvgIpc) is 2.28. The molecule has 4 heteroatoms. The maximum atomic E-state index is 11.9. The predicted octanol–water partition coefficient (Wildman–Crippen LogP) is 0.907. The molecular weight excluding hydrogens is 204 g/mol. The summed E-state index contributed by atoms with van der Waals surface area (Å²) in [5, 5.41) is 0. The average molecular weight is 226 g/mol. The Morgan fingerprint density at radius 3 is 2.75 bits per heavy atom. The van der Waals surface area contributed by atoms with Gasteiger partial charge in [0, 0.05) is 13.1 Å². The highest BCUT2D eigenvalue weighted by molar-refractivity contribution is 5.78. The third-order valence-corrected chi connectivity index (χ3v) is 3.33. The fraction of sp³-hybridized carbons (Fsp3) is 0.833. The molecule has 4 nitrogen and oxygen atoms in total. The number of aldehydes is 1. The molecule has 1 aliphatic heterocycles. The summed E-state index contributed by atoms with van der Waals surface area (Å²) in [5.74, 6) is 0.101. The van der Waals surface area contributed by atoms with E-state index in [2.05, 4.69) is 0 Å². The van der Waals surface area contributed by atoms with E-state index in [9.17, 15) is 9.59 Å². The summed E-state index contributed by atoms with van der Waals surface area (Å²) in [7, 11) is 1.81. The Kier molecular flexibility index (Phi) is 4.93. The Hall–Kier alpha value is -0.900. The van der Waals surface area contributed by atoms with Crippen molar-refractivity contribution >= 4 is 12.2 Å². The second kappa shape index (κ2) is 5.99. The second-order valence-electron chi connectivity index (χ2n) is 4.77. The lowest BCUT2D eigenvalue weighted by Gasteiger charge is -2.33. The number of piperidine rings is 1. The third kappa shape index (κ3) is 3.30. The van der Waals surface area contributed by atoms with E-state index in [4.69, 9.17) is 0 Å². The second-order valence-corrected chi connectivity index (χ2v) is 4.77. The summed E-state index contributed by atoms with van der Waals surface area (Å²) in [6.45, 7) is 5.22. The molecule has 16 heavy (non-hydrogen) atoms. The molecule has 0 saturated carbocycles. The van der Waals surface area contributed by atoms with E-state index in [0.717, 1.165) is 32.1 Å². The standard InChI is InChI=1S/C12H22N2O2/c1-10(2)13(3)12(16)8-14-7-5-4-6-11(14)9-15/h9-11H,4-8H2,1-3H3. The van der Waals surface area contributed by atoms with E-state index in [1.807, 2.05) is 25.8 Å². The molecule has 1 aliphatic rings. The van der Waals surface area contributed by atoms with Crippen molar-refractivity contribution in [1.29, 1.82) is 0 Å². The molecule has 1 amide bonds. The highest BCUT2D eigenvalue weighted by atomic mass is 16.2. The largest absolute Gasteiger partial charge is 0.342 e. The molecular formula is C12H22N2O2. The summed E-state index contributed by atoms with van der Waals surface area (Å²) >= 11 is 0. The zero-order valence-corrected chi connectivity index (χ0v) is 10.5. The molecule has 92 valence electrons. The summed E-state index contributed by atoms with van der Waals surface area (Å²) in [4.78, 5) is 26.5. The Bertz CT molecular complexity index is 253. The molecule has 0 N–H and O–H groups in total. The molecule has 0 spiro atoms. The number of nitrogens with zero attached hydrogens (tertiary/aromatic N) is 2. The van der Waals surface area contributed by atoms with E-state index in [-0.39, 0.29) is 18.0 Å². The molecule has 0 aromatic heterocycles. The Morgan fingerprint density at radius 1 is 1.50 bits per heavy atom. The van der Waals surface area contributed by atoms with E-state index in [0.29, 0.717) is 6.54 Å². The van der Waals surface area contributed by atoms with Gasteiger partial charge in [0.25, 0.3) is 0 Å². The van der Waals surface area contributed by atoms with Gasteiger partial charge < -0.3 is 9.69 Å². The van der Waals surface area contributed by atoms with Gasteiger partial charge in [0.2, 0.25) is 5.91 Å². The molecule has 1 saturated heterocycles. The lowest BCUT2D eigenvalue weighted by Crippen LogP contribution is -2.47. The number of carbonyl (C=O) groups is 2. The van der Waals surface area contributed by atoms with Crippen LogP contribution in [0, 0.1) is 0 Å². The van der Waals surface area contributed by atoms with Gasteiger partial charge in [-0.05, 0) is 33.2 Å². The first-order chi connectivity index (χ1) is 7.56. The SMILES string of the molecule is CC(C)N(C)C(=O)CN1CCCCC1C=O. The van der Waals surface area contributed by atoms with Gasteiger partial charge in [-0.1, -0.05) is 6.42 Å². The van der Waals surface area contributed by atoms with Crippen molar-refractivity contribution in [1.82, 2.24) is 9.80 Å². The zero-order valence-electron chi connectivity index (χ0n) is 10.5. The zero-order chi connectivity index (χ0) is 12.1. The third-order valence-electron chi connectivity index (χ3n) is 3.33. The van der Waals surface area contributed by atoms with Crippen LogP contribution in [0.25, 0.3) is 0 Å². The molecule has 0 aromatic rings. The fourth-order valence-electron chi connectivity index (χ4n) is 1.94. The van der Waals surface area contributed by atoms with Crippen LogP contribution in [0.5, 0.6) is 0 Å². The molecule has 1 unspecified atom stereocenters. The Balaban J connectivity index is 2.51. The van der Waals surface area contributed by atoms with Crippen LogP contribution in [0.2, 0.25) is 0 Å². The molecule has 1 atom stereocenters. The van der Waals surface area contributed by atoms with Crippen molar-refractivity contribution < 1.29 is 9.59 Å². The Labute approximate surface area is 97.6 Å². The van der Waals surface area contributed by atoms with Crippen LogP contribution < -0.4 is 0 Å². The van der Waals surface area contributed by atoms with E-state index in [1.54, 1.807) is 4.90 Å². The van der Waals surface area contributed by atoms with Crippen molar-refractivity contribution in [2.75, 3.05) is 20.1 Å². The van der Waals surface area contributed by atoms with Crippen molar-refractivity contribution in [3.8, 4) is 0 Å². The molecule has 0 radical (unpaired) electrons. The van der Waals surface area contributed by atoms with Crippen LogP contribution in [0.1, 0.15) is 33.1 Å². The molecule has 0 aliphatic carbocycles. The maximum absolute atomic E-state index is 11.9. The van der Waals surface area contributed by atoms with Gasteiger partial charge in [0.05, 0.1) is 12.6 Å². The van der Waals surface area contributed by atoms with Crippen molar-refractivity contribution in [3.05, 3.63) is 0 Å². The monoisotopic (exact) mass is 226 g/mol. The van der Waals surface area contributed by atoms with E-state index >= 15 is 0 Å². The minimum Gasteiger partial charge on any atom is -0.342 e. The first kappa shape index (κ1) is 13.2. The maximum Gasteiger partial charge on any atom is 0.236 e. The minimum atomic E-state index is -0.0572. The first-order valence-electron chi connectivity index (χ1n) is 6.01. The quantitative estimate of drug-likeness (QED) is 0.669. The predicted molar refractivity (Wildman–Crippen MR) is 63.2 cm³/mol. The van der Waals surface area contributed by atoms with Gasteiger partial charge in [0.1, 0.15) is 6.29 Å². The highest BCUT2D eigenvalue weighted by Gasteiger charge is 2.25. The van der Waals surface area contributed by atoms with Gasteiger partial charge in [-0.15, -0.1) is 0 Å². The highest BCUT2D eigenvalue weighted by Crippen LogP contribution is 2.15. The smallest absolute Gasteiger partial charge is 0.236 e. The lowest BCUT2D eigenvalue weighted by molar-refractivity contribution is -0.134. The van der Waals surface area contributed by atoms with Gasteiger partial charge >= 0.3 is 0 Å². The number of likely N-dealkylation sites (tertiary alicyclic amines) is 1. The van der Waals surface area contributed by atoms with Crippen LogP contribution in [0.3, 0.4) is 0 Å². The van der Waals surface area contributed by atoms with Crippen LogP contribution in [0.15, 0.2) is 0 Å². The van der Waals surface area contributed by atoms with Gasteiger partial charge in [0.15, 0.2) is 0 Å². The number of hydrogen-bond donors (Lipinski definition) is 0. The topological polar surface area (TPSA) is 40.6 Å². The molecule has 1 rings (SSSR count).